The molecule has 3 heterocycles. The van der Waals surface area contributed by atoms with Crippen LogP contribution in [0.25, 0.3) is 89.4 Å². The smallest absolute Gasteiger partial charge is 0.160 e. The molecule has 4 heteroatoms. The normalized spacial score (nSPS) is 11.2. The van der Waals surface area contributed by atoms with Gasteiger partial charge in [0.05, 0.1) is 33.8 Å². The summed E-state index contributed by atoms with van der Waals surface area (Å²) < 4.78 is 0. The molecule has 0 saturated carbocycles. The molecule has 0 aliphatic rings. The number of hydrogen-bond acceptors (Lipinski definition) is 4. The summed E-state index contributed by atoms with van der Waals surface area (Å²) in [6.07, 6.45) is 0. The van der Waals surface area contributed by atoms with E-state index in [4.69, 9.17) is 19.9 Å². The van der Waals surface area contributed by atoms with Gasteiger partial charge in [-0.1, -0.05) is 152 Å². The summed E-state index contributed by atoms with van der Waals surface area (Å²) in [6, 6.07) is 60.8. The van der Waals surface area contributed by atoms with Crippen molar-refractivity contribution in [1.82, 2.24) is 19.9 Å². The fourth-order valence-corrected chi connectivity index (χ4v) is 6.72. The minimum Gasteiger partial charge on any atom is -0.245 e. The van der Waals surface area contributed by atoms with Crippen molar-refractivity contribution in [2.75, 3.05) is 0 Å². The van der Waals surface area contributed by atoms with Crippen LogP contribution >= 0.6 is 0 Å². The van der Waals surface area contributed by atoms with E-state index in [0.717, 1.165) is 83.5 Å². The third-order valence-electron chi connectivity index (χ3n) is 9.42. The molecule has 0 saturated heterocycles. The van der Waals surface area contributed by atoms with Crippen LogP contribution in [0.3, 0.4) is 0 Å². The minimum absolute atomic E-state index is 0.683. The number of hydrogen-bond donors (Lipinski definition) is 0. The van der Waals surface area contributed by atoms with Crippen LogP contribution in [-0.2, 0) is 0 Å². The van der Waals surface area contributed by atoms with Gasteiger partial charge in [0.15, 0.2) is 5.82 Å². The van der Waals surface area contributed by atoms with E-state index in [0.29, 0.717) is 5.82 Å². The monoisotopic (exact) mass is 652 g/mol. The molecular weight excluding hydrogens is 621 g/mol. The molecule has 0 N–H and O–H groups in total. The lowest BCUT2D eigenvalue weighted by Gasteiger charge is -2.12. The first-order chi connectivity index (χ1) is 25.2. The Kier molecular flexibility index (Phi) is 7.67. The molecule has 0 fully saturated rings. The van der Waals surface area contributed by atoms with Crippen molar-refractivity contribution in [2.24, 2.45) is 0 Å². The molecule has 0 aliphatic heterocycles. The van der Waals surface area contributed by atoms with Crippen molar-refractivity contribution in [3.05, 3.63) is 181 Å². The number of rotatable bonds is 6. The summed E-state index contributed by atoms with van der Waals surface area (Å²) in [5, 5.41) is 2.17. The maximum Gasteiger partial charge on any atom is 0.160 e. The summed E-state index contributed by atoms with van der Waals surface area (Å²) in [6.45, 7) is 2.15. The molecule has 0 radical (unpaired) electrons. The van der Waals surface area contributed by atoms with Gasteiger partial charge in [-0.2, -0.15) is 0 Å². The SMILES string of the molecule is Cc1cc(-c2cccc(-c3cc(-c4ccccc4)nc(-c4ccc(-c5ccccc5)cc4)n3)c2)nc2c1ccc1ccc(-c3ccccc3)nc12. The van der Waals surface area contributed by atoms with Crippen molar-refractivity contribution >= 4 is 21.8 Å². The standard InChI is InChI=1S/C47H32N4/c1-31-28-42(49-46-40(31)26-24-36-25-27-41(48-45(36)46)34-14-7-3-8-15-34)38-18-11-19-39(29-38)44-30-43(35-16-9-4-10-17-35)50-47(51-44)37-22-20-33(21-23-37)32-12-5-2-6-13-32/h2-30H,1H3. The highest BCUT2D eigenvalue weighted by atomic mass is 14.9. The second-order valence-electron chi connectivity index (χ2n) is 12.8. The molecule has 0 spiro atoms. The van der Waals surface area contributed by atoms with Crippen molar-refractivity contribution in [1.29, 1.82) is 0 Å². The summed E-state index contributed by atoms with van der Waals surface area (Å²) in [7, 11) is 0. The van der Waals surface area contributed by atoms with E-state index in [2.05, 4.69) is 140 Å². The first-order valence-corrected chi connectivity index (χ1v) is 17.1. The number of nitrogens with zero attached hydrogens (tertiary/aromatic N) is 4. The van der Waals surface area contributed by atoms with Gasteiger partial charge in [-0.25, -0.2) is 19.9 Å². The average molecular weight is 653 g/mol. The topological polar surface area (TPSA) is 51.6 Å². The third kappa shape index (κ3) is 5.94. The summed E-state index contributed by atoms with van der Waals surface area (Å²) in [5.74, 6) is 0.683. The van der Waals surface area contributed by atoms with Gasteiger partial charge in [0.2, 0.25) is 0 Å². The van der Waals surface area contributed by atoms with E-state index >= 15 is 0 Å². The molecule has 0 atom stereocenters. The number of benzene rings is 6. The minimum atomic E-state index is 0.683. The zero-order chi connectivity index (χ0) is 34.1. The molecule has 0 aliphatic carbocycles. The van der Waals surface area contributed by atoms with Crippen LogP contribution in [0.2, 0.25) is 0 Å². The molecule has 0 bridgehead atoms. The first-order valence-electron chi connectivity index (χ1n) is 17.1. The summed E-state index contributed by atoms with van der Waals surface area (Å²) in [5.41, 5.74) is 14.0. The lowest BCUT2D eigenvalue weighted by atomic mass is 10.00. The van der Waals surface area contributed by atoms with E-state index in [9.17, 15) is 0 Å². The second-order valence-corrected chi connectivity index (χ2v) is 12.8. The molecular formula is C47H32N4. The van der Waals surface area contributed by atoms with E-state index in [1.807, 2.05) is 42.5 Å². The van der Waals surface area contributed by atoms with Gasteiger partial charge in [0.1, 0.15) is 0 Å². The van der Waals surface area contributed by atoms with Crippen LogP contribution in [0, 0.1) is 6.92 Å². The Morgan fingerprint density at radius 3 is 1.47 bits per heavy atom. The Morgan fingerprint density at radius 1 is 0.314 bits per heavy atom. The molecule has 240 valence electrons. The van der Waals surface area contributed by atoms with Crippen LogP contribution in [0.1, 0.15) is 5.56 Å². The predicted molar refractivity (Wildman–Crippen MR) is 210 cm³/mol. The van der Waals surface area contributed by atoms with Crippen LogP contribution in [0.15, 0.2) is 176 Å². The fraction of sp³-hybridized carbons (Fsp3) is 0.0213. The van der Waals surface area contributed by atoms with Crippen LogP contribution in [-0.4, -0.2) is 19.9 Å². The highest BCUT2D eigenvalue weighted by Crippen LogP contribution is 2.34. The Morgan fingerprint density at radius 2 is 0.804 bits per heavy atom. The van der Waals surface area contributed by atoms with Gasteiger partial charge >= 0.3 is 0 Å². The van der Waals surface area contributed by atoms with Crippen LogP contribution in [0.4, 0.5) is 0 Å². The summed E-state index contributed by atoms with van der Waals surface area (Å²) >= 11 is 0. The zero-order valence-corrected chi connectivity index (χ0v) is 28.0. The Balaban J connectivity index is 1.15. The van der Waals surface area contributed by atoms with E-state index < -0.39 is 0 Å². The molecule has 9 rings (SSSR count). The molecule has 0 amide bonds. The maximum atomic E-state index is 5.27. The van der Waals surface area contributed by atoms with Gasteiger partial charge in [-0.3, -0.25) is 0 Å². The van der Waals surface area contributed by atoms with Crippen LogP contribution < -0.4 is 0 Å². The van der Waals surface area contributed by atoms with Gasteiger partial charge < -0.3 is 0 Å². The molecule has 9 aromatic rings. The Hall–Kier alpha value is -6.78. The van der Waals surface area contributed by atoms with Gasteiger partial charge in [-0.15, -0.1) is 0 Å². The van der Waals surface area contributed by atoms with Crippen molar-refractivity contribution in [3.63, 3.8) is 0 Å². The fourth-order valence-electron chi connectivity index (χ4n) is 6.72. The summed E-state index contributed by atoms with van der Waals surface area (Å²) in [4.78, 5) is 20.6. The quantitative estimate of drug-likeness (QED) is 0.168. The highest BCUT2D eigenvalue weighted by molar-refractivity contribution is 6.05. The van der Waals surface area contributed by atoms with Gasteiger partial charge in [0, 0.05) is 38.6 Å². The Bertz CT molecular complexity index is 2670. The van der Waals surface area contributed by atoms with Gasteiger partial charge in [0.25, 0.3) is 0 Å². The number of fused-ring (bicyclic) bond motifs is 3. The van der Waals surface area contributed by atoms with Crippen molar-refractivity contribution in [3.8, 4) is 67.5 Å². The lowest BCUT2D eigenvalue weighted by Crippen LogP contribution is -1.96. The third-order valence-corrected chi connectivity index (χ3v) is 9.42. The number of aryl methyl sites for hydroxylation is 1. The number of pyridine rings is 2. The molecule has 3 aromatic heterocycles. The Labute approximate surface area is 296 Å². The van der Waals surface area contributed by atoms with E-state index in [1.54, 1.807) is 0 Å². The van der Waals surface area contributed by atoms with Crippen molar-refractivity contribution < 1.29 is 0 Å². The average Bonchev–Trinajstić information content (AvgIpc) is 3.21. The van der Waals surface area contributed by atoms with E-state index in [1.165, 1.54) is 5.56 Å². The maximum absolute atomic E-state index is 5.27. The molecule has 6 aromatic carbocycles. The zero-order valence-electron chi connectivity index (χ0n) is 28.0. The second kappa shape index (κ2) is 12.9. The molecule has 4 nitrogen and oxygen atoms in total. The first kappa shape index (κ1) is 30.3. The molecule has 0 unspecified atom stereocenters. The highest BCUT2D eigenvalue weighted by Gasteiger charge is 2.14. The van der Waals surface area contributed by atoms with Crippen molar-refractivity contribution in [2.45, 2.75) is 6.92 Å². The lowest BCUT2D eigenvalue weighted by molar-refractivity contribution is 1.18. The van der Waals surface area contributed by atoms with E-state index in [-0.39, 0.29) is 0 Å². The number of aromatic nitrogens is 4. The largest absolute Gasteiger partial charge is 0.245 e. The molecule has 51 heavy (non-hydrogen) atoms. The van der Waals surface area contributed by atoms with Gasteiger partial charge in [-0.05, 0) is 47.9 Å². The van der Waals surface area contributed by atoms with Crippen LogP contribution in [0.5, 0.6) is 0 Å². The predicted octanol–water partition coefficient (Wildman–Crippen LogP) is 11.9.